The van der Waals surface area contributed by atoms with Crippen LogP contribution in [0, 0.1) is 6.92 Å². The number of nitrogens with zero attached hydrogens (tertiary/aromatic N) is 3. The summed E-state index contributed by atoms with van der Waals surface area (Å²) in [6.45, 7) is 3.58. The summed E-state index contributed by atoms with van der Waals surface area (Å²) in [4.78, 5) is 12.5. The van der Waals surface area contributed by atoms with Crippen LogP contribution in [0.3, 0.4) is 0 Å². The van der Waals surface area contributed by atoms with E-state index in [-0.39, 0.29) is 5.91 Å². The summed E-state index contributed by atoms with van der Waals surface area (Å²) in [6.07, 6.45) is 2.61. The van der Waals surface area contributed by atoms with Gasteiger partial charge in [0.05, 0.1) is 23.8 Å². The van der Waals surface area contributed by atoms with Gasteiger partial charge in [0.15, 0.2) is 6.10 Å². The summed E-state index contributed by atoms with van der Waals surface area (Å²) in [7, 11) is 0. The first-order valence-electron chi connectivity index (χ1n) is 7.74. The molecule has 0 radical (unpaired) electrons. The van der Waals surface area contributed by atoms with Crippen molar-refractivity contribution in [2.24, 2.45) is 0 Å². The predicted molar refractivity (Wildman–Crippen MR) is 96.3 cm³/mol. The highest BCUT2D eigenvalue weighted by Gasteiger charge is 2.17. The Labute approximate surface area is 150 Å². The molecular weight excluding hydrogens is 340 g/mol. The molecule has 0 saturated carbocycles. The van der Waals surface area contributed by atoms with E-state index in [0.717, 1.165) is 11.3 Å². The number of carbonyl (C=O) groups excluding carboxylic acids is 1. The van der Waals surface area contributed by atoms with Crippen LogP contribution in [-0.2, 0) is 4.79 Å². The van der Waals surface area contributed by atoms with E-state index in [2.05, 4.69) is 15.6 Å². The molecule has 0 bridgehead atoms. The number of para-hydroxylation sites is 2. The van der Waals surface area contributed by atoms with E-state index in [0.29, 0.717) is 16.5 Å². The average Bonchev–Trinajstić information content (AvgIpc) is 3.12. The molecule has 0 fully saturated rings. The van der Waals surface area contributed by atoms with E-state index in [9.17, 15) is 4.79 Å². The third-order valence-corrected chi connectivity index (χ3v) is 3.88. The zero-order chi connectivity index (χ0) is 17.8. The van der Waals surface area contributed by atoms with Gasteiger partial charge in [-0.3, -0.25) is 4.79 Å². The number of anilines is 1. The molecule has 0 saturated heterocycles. The van der Waals surface area contributed by atoms with E-state index >= 15 is 0 Å². The van der Waals surface area contributed by atoms with Gasteiger partial charge in [-0.2, -0.15) is 0 Å². The Bertz CT molecular complexity index is 881. The SMILES string of the molecule is Cc1cc(Cl)ccc1OC(C)C(=O)Nc1ccccc1-n1ccnn1. The van der Waals surface area contributed by atoms with E-state index in [1.807, 2.05) is 25.1 Å². The van der Waals surface area contributed by atoms with Crippen LogP contribution in [0.2, 0.25) is 5.02 Å². The van der Waals surface area contributed by atoms with Gasteiger partial charge in [0.1, 0.15) is 5.75 Å². The average molecular weight is 357 g/mol. The Morgan fingerprint density at radius 2 is 2.08 bits per heavy atom. The number of aryl methyl sites for hydroxylation is 1. The van der Waals surface area contributed by atoms with Gasteiger partial charge in [-0.25, -0.2) is 4.68 Å². The smallest absolute Gasteiger partial charge is 0.265 e. The molecule has 0 aliphatic rings. The van der Waals surface area contributed by atoms with Gasteiger partial charge in [0.25, 0.3) is 5.91 Å². The van der Waals surface area contributed by atoms with Crippen LogP contribution in [0.15, 0.2) is 54.9 Å². The number of carbonyl (C=O) groups is 1. The second-order valence-electron chi connectivity index (χ2n) is 5.52. The Morgan fingerprint density at radius 3 is 2.80 bits per heavy atom. The monoisotopic (exact) mass is 356 g/mol. The highest BCUT2D eigenvalue weighted by Crippen LogP contribution is 2.24. The van der Waals surface area contributed by atoms with Crippen LogP contribution in [0.1, 0.15) is 12.5 Å². The van der Waals surface area contributed by atoms with E-state index in [1.165, 1.54) is 0 Å². The molecule has 1 unspecified atom stereocenters. The topological polar surface area (TPSA) is 69.0 Å². The van der Waals surface area contributed by atoms with Crippen molar-refractivity contribution in [2.75, 3.05) is 5.32 Å². The maximum Gasteiger partial charge on any atom is 0.265 e. The molecule has 3 aromatic rings. The first-order valence-corrected chi connectivity index (χ1v) is 8.12. The molecule has 25 heavy (non-hydrogen) atoms. The van der Waals surface area contributed by atoms with Gasteiger partial charge in [-0.15, -0.1) is 5.10 Å². The lowest BCUT2D eigenvalue weighted by molar-refractivity contribution is -0.122. The number of benzene rings is 2. The van der Waals surface area contributed by atoms with E-state index < -0.39 is 6.10 Å². The van der Waals surface area contributed by atoms with Crippen molar-refractivity contribution in [1.29, 1.82) is 0 Å². The number of aromatic nitrogens is 3. The molecule has 0 spiro atoms. The molecule has 0 aliphatic heterocycles. The van der Waals surface area contributed by atoms with Crippen molar-refractivity contribution in [3.05, 3.63) is 65.4 Å². The summed E-state index contributed by atoms with van der Waals surface area (Å²) in [6, 6.07) is 12.6. The summed E-state index contributed by atoms with van der Waals surface area (Å²) in [5, 5.41) is 11.2. The van der Waals surface area contributed by atoms with Crippen molar-refractivity contribution in [2.45, 2.75) is 20.0 Å². The quantitative estimate of drug-likeness (QED) is 0.757. The fourth-order valence-corrected chi connectivity index (χ4v) is 2.57. The number of halogens is 1. The Hall–Kier alpha value is -2.86. The van der Waals surface area contributed by atoms with Crippen LogP contribution in [0.5, 0.6) is 5.75 Å². The standard InChI is InChI=1S/C18H17ClN4O2/c1-12-11-14(19)7-8-17(12)25-13(2)18(24)21-15-5-3-4-6-16(15)23-10-9-20-22-23/h3-11,13H,1-2H3,(H,21,24). The summed E-state index contributed by atoms with van der Waals surface area (Å²) in [5.74, 6) is 0.360. The number of hydrogen-bond donors (Lipinski definition) is 1. The molecule has 1 aromatic heterocycles. The highest BCUT2D eigenvalue weighted by atomic mass is 35.5. The van der Waals surface area contributed by atoms with Crippen LogP contribution in [-0.4, -0.2) is 27.0 Å². The van der Waals surface area contributed by atoms with E-state index in [1.54, 1.807) is 48.3 Å². The van der Waals surface area contributed by atoms with Gasteiger partial charge in [0, 0.05) is 5.02 Å². The Balaban J connectivity index is 1.74. The second-order valence-corrected chi connectivity index (χ2v) is 5.96. The van der Waals surface area contributed by atoms with Crippen molar-refractivity contribution < 1.29 is 9.53 Å². The molecule has 1 amide bonds. The molecule has 128 valence electrons. The van der Waals surface area contributed by atoms with Crippen LogP contribution < -0.4 is 10.1 Å². The highest BCUT2D eigenvalue weighted by molar-refractivity contribution is 6.30. The molecule has 1 atom stereocenters. The minimum atomic E-state index is -0.677. The van der Waals surface area contributed by atoms with Gasteiger partial charge >= 0.3 is 0 Å². The molecule has 0 aliphatic carbocycles. The molecule has 2 aromatic carbocycles. The summed E-state index contributed by atoms with van der Waals surface area (Å²) in [5.41, 5.74) is 2.22. The fraction of sp³-hybridized carbons (Fsp3) is 0.167. The molecule has 3 rings (SSSR count). The number of amides is 1. The number of ether oxygens (including phenoxy) is 1. The fourth-order valence-electron chi connectivity index (χ4n) is 2.34. The van der Waals surface area contributed by atoms with Crippen molar-refractivity contribution in [3.63, 3.8) is 0 Å². The Kier molecular flexibility index (Phi) is 5.00. The normalized spacial score (nSPS) is 11.8. The number of hydrogen-bond acceptors (Lipinski definition) is 4. The zero-order valence-electron chi connectivity index (χ0n) is 13.8. The van der Waals surface area contributed by atoms with Crippen LogP contribution in [0.25, 0.3) is 5.69 Å². The lowest BCUT2D eigenvalue weighted by Gasteiger charge is -2.17. The third kappa shape index (κ3) is 3.97. The number of rotatable bonds is 5. The van der Waals surface area contributed by atoms with Crippen LogP contribution >= 0.6 is 11.6 Å². The second kappa shape index (κ2) is 7.36. The molecule has 1 heterocycles. The van der Waals surface area contributed by atoms with Gasteiger partial charge in [-0.1, -0.05) is 28.9 Å². The maximum absolute atomic E-state index is 12.5. The predicted octanol–water partition coefficient (Wildman–Crippen LogP) is 3.64. The number of nitrogens with one attached hydrogen (secondary N) is 1. The van der Waals surface area contributed by atoms with Crippen molar-refractivity contribution in [3.8, 4) is 11.4 Å². The maximum atomic E-state index is 12.5. The van der Waals surface area contributed by atoms with Gasteiger partial charge in [-0.05, 0) is 49.7 Å². The Morgan fingerprint density at radius 1 is 1.28 bits per heavy atom. The third-order valence-electron chi connectivity index (χ3n) is 3.64. The van der Waals surface area contributed by atoms with Crippen LogP contribution in [0.4, 0.5) is 5.69 Å². The zero-order valence-corrected chi connectivity index (χ0v) is 14.6. The minimum Gasteiger partial charge on any atom is -0.481 e. The first kappa shape index (κ1) is 17.0. The molecule has 1 N–H and O–H groups in total. The minimum absolute atomic E-state index is 0.262. The van der Waals surface area contributed by atoms with Crippen molar-refractivity contribution >= 4 is 23.2 Å². The lowest BCUT2D eigenvalue weighted by atomic mass is 10.2. The first-order chi connectivity index (χ1) is 12.0. The van der Waals surface area contributed by atoms with E-state index in [4.69, 9.17) is 16.3 Å². The lowest BCUT2D eigenvalue weighted by Crippen LogP contribution is -2.30. The molecule has 6 nitrogen and oxygen atoms in total. The largest absolute Gasteiger partial charge is 0.481 e. The summed E-state index contributed by atoms with van der Waals surface area (Å²) < 4.78 is 7.35. The van der Waals surface area contributed by atoms with Gasteiger partial charge in [0.2, 0.25) is 0 Å². The van der Waals surface area contributed by atoms with Crippen molar-refractivity contribution in [1.82, 2.24) is 15.0 Å². The summed E-state index contributed by atoms with van der Waals surface area (Å²) >= 11 is 5.94. The van der Waals surface area contributed by atoms with Gasteiger partial charge < -0.3 is 10.1 Å². The molecule has 7 heteroatoms. The molecular formula is C18H17ClN4O2.